The molecule has 0 aliphatic carbocycles. The van der Waals surface area contributed by atoms with Crippen LogP contribution in [0.1, 0.15) is 72.6 Å². The summed E-state index contributed by atoms with van der Waals surface area (Å²) in [6.07, 6.45) is 9.48. The molecule has 0 aliphatic rings. The van der Waals surface area contributed by atoms with Gasteiger partial charge in [-0.2, -0.15) is 0 Å². The summed E-state index contributed by atoms with van der Waals surface area (Å²) in [5.41, 5.74) is 0. The average Bonchev–Trinajstić information content (AvgIpc) is 2.43. The van der Waals surface area contributed by atoms with E-state index in [1.54, 1.807) is 13.8 Å². The normalized spacial score (nSPS) is 11.2. The van der Waals surface area contributed by atoms with Crippen molar-refractivity contribution >= 4 is 29.1 Å². The van der Waals surface area contributed by atoms with Crippen LogP contribution in [0.15, 0.2) is 0 Å². The predicted molar refractivity (Wildman–Crippen MR) is 82.9 cm³/mol. The summed E-state index contributed by atoms with van der Waals surface area (Å²) < 4.78 is 14.1. The Balaban J connectivity index is 0. The van der Waals surface area contributed by atoms with Crippen molar-refractivity contribution in [1.29, 1.82) is 0 Å². The molecule has 5 heteroatoms. The summed E-state index contributed by atoms with van der Waals surface area (Å²) >= 11 is 1.21. The summed E-state index contributed by atoms with van der Waals surface area (Å²) in [5, 5.41) is 0. The van der Waals surface area contributed by atoms with Gasteiger partial charge < -0.3 is 9.47 Å². The maximum absolute atomic E-state index is 10.2. The van der Waals surface area contributed by atoms with E-state index in [1.807, 2.05) is 0 Å². The van der Waals surface area contributed by atoms with Gasteiger partial charge >= 0.3 is 97.1 Å². The third-order valence-corrected chi connectivity index (χ3v) is 3.84. The van der Waals surface area contributed by atoms with Gasteiger partial charge in [0.15, 0.2) is 0 Å². The van der Waals surface area contributed by atoms with Gasteiger partial charge in [-0.25, -0.2) is 4.79 Å². The molecule has 0 aromatic carbocycles. The molecular weight excluding hydrogens is 363 g/mol. The molecule has 4 nitrogen and oxygen atoms in total. The van der Waals surface area contributed by atoms with Crippen molar-refractivity contribution in [3.8, 4) is 0 Å². The fourth-order valence-electron chi connectivity index (χ4n) is 1.55. The molecule has 0 spiro atoms. The van der Waals surface area contributed by atoms with E-state index in [-0.39, 0.29) is 0 Å². The Labute approximate surface area is 138 Å². The largest absolute Gasteiger partial charge is 0.508 e. The number of rotatable bonds is 10. The van der Waals surface area contributed by atoms with Gasteiger partial charge in [-0.3, -0.25) is 0 Å². The second-order valence-corrected chi connectivity index (χ2v) is 5.27. The predicted octanol–water partition coefficient (Wildman–Crippen LogP) is 4.41. The molecule has 0 aromatic heterocycles. The first kappa shape index (κ1) is 22.3. The van der Waals surface area contributed by atoms with Crippen LogP contribution in [-0.4, -0.2) is 48.4 Å². The van der Waals surface area contributed by atoms with E-state index in [2.05, 4.69) is 23.3 Å². The molecule has 3 radical (unpaired) electrons. The maximum Gasteiger partial charge on any atom is 0.508 e. The summed E-state index contributed by atoms with van der Waals surface area (Å²) in [5.74, 6) is 0. The minimum Gasteiger partial charge on any atom is -0.435 e. The van der Waals surface area contributed by atoms with E-state index >= 15 is 0 Å². The molecule has 0 amide bonds. The van der Waals surface area contributed by atoms with Gasteiger partial charge in [0.05, 0.1) is 13.2 Å². The molecule has 0 saturated heterocycles. The molecule has 0 N–H and O–H groups in total. The molecule has 20 heavy (non-hydrogen) atoms. The summed E-state index contributed by atoms with van der Waals surface area (Å²) in [6, 6.07) is 0. The zero-order valence-corrected chi connectivity index (χ0v) is 16.4. The second kappa shape index (κ2) is 19.0. The summed E-state index contributed by atoms with van der Waals surface area (Å²) in [4.78, 5) is 10.2. The van der Waals surface area contributed by atoms with E-state index < -0.39 is 6.16 Å². The Morgan fingerprint density at radius 3 is 1.90 bits per heavy atom. The fraction of sp³-hybridized carbons (Fsp3) is 0.933. The summed E-state index contributed by atoms with van der Waals surface area (Å²) in [6.45, 7) is 8.64. The van der Waals surface area contributed by atoms with Crippen molar-refractivity contribution in [3.05, 3.63) is 0 Å². The van der Waals surface area contributed by atoms with Crippen molar-refractivity contribution in [3.63, 3.8) is 0 Å². The minimum atomic E-state index is -0.588. The van der Waals surface area contributed by atoms with Gasteiger partial charge in [-0.1, -0.05) is 0 Å². The number of hydrogen-bond donors (Lipinski definition) is 0. The molecule has 0 fully saturated rings. The standard InChI is InChI=1S/C10H21O.C5H10O3.Sn/c1-3-4-5-6-7-8-9-10(2)11;1-3-7-5(6)8-4-2;/h10H,3-9H2,1-2H3;3-4H2,1-2H3;/q-1;;+1. The molecule has 0 bridgehead atoms. The SMILES string of the molecule is CCCCCCCCC(C)[O][Sn].CCOC(=O)OCC. The molecule has 119 valence electrons. The van der Waals surface area contributed by atoms with E-state index in [0.29, 0.717) is 19.3 Å². The Morgan fingerprint density at radius 1 is 0.950 bits per heavy atom. The van der Waals surface area contributed by atoms with Crippen LogP contribution in [0.2, 0.25) is 0 Å². The quantitative estimate of drug-likeness (QED) is 0.313. The zero-order chi connectivity index (χ0) is 15.6. The Hall–Kier alpha value is 0.0287. The van der Waals surface area contributed by atoms with Crippen LogP contribution in [0, 0.1) is 0 Å². The fourth-order valence-corrected chi connectivity index (χ4v) is 1.88. The monoisotopic (exact) mass is 395 g/mol. The van der Waals surface area contributed by atoms with Crippen molar-refractivity contribution in [1.82, 2.24) is 0 Å². The Bertz CT molecular complexity index is 192. The van der Waals surface area contributed by atoms with Crippen molar-refractivity contribution in [2.45, 2.75) is 78.7 Å². The third-order valence-electron chi connectivity index (χ3n) is 2.69. The van der Waals surface area contributed by atoms with E-state index in [4.69, 9.17) is 3.07 Å². The van der Waals surface area contributed by atoms with Gasteiger partial charge in [0, 0.05) is 0 Å². The van der Waals surface area contributed by atoms with E-state index in [9.17, 15) is 4.79 Å². The van der Waals surface area contributed by atoms with Gasteiger partial charge in [-0.05, 0) is 13.8 Å². The van der Waals surface area contributed by atoms with Crippen LogP contribution < -0.4 is 0 Å². The van der Waals surface area contributed by atoms with Crippen LogP contribution in [0.25, 0.3) is 0 Å². The number of unbranched alkanes of at least 4 members (excludes halogenated alkanes) is 5. The average molecular weight is 394 g/mol. The number of hydrogen-bond acceptors (Lipinski definition) is 4. The zero-order valence-electron chi connectivity index (χ0n) is 13.6. The molecule has 0 aromatic rings. The van der Waals surface area contributed by atoms with E-state index in [0.717, 1.165) is 0 Å². The van der Waals surface area contributed by atoms with Gasteiger partial charge in [0.2, 0.25) is 0 Å². The van der Waals surface area contributed by atoms with Crippen LogP contribution >= 0.6 is 0 Å². The van der Waals surface area contributed by atoms with Crippen LogP contribution in [0.5, 0.6) is 0 Å². The van der Waals surface area contributed by atoms with Crippen LogP contribution in [0.4, 0.5) is 4.79 Å². The molecule has 0 aliphatic heterocycles. The molecule has 0 rings (SSSR count). The van der Waals surface area contributed by atoms with E-state index in [1.165, 1.54) is 67.9 Å². The molecular formula is C15H31O4Sn. The molecule has 0 saturated carbocycles. The van der Waals surface area contributed by atoms with Gasteiger partial charge in [0.25, 0.3) is 0 Å². The first-order chi connectivity index (χ1) is 9.62. The first-order valence-electron chi connectivity index (χ1n) is 7.74. The first-order valence-corrected chi connectivity index (χ1v) is 8.90. The van der Waals surface area contributed by atoms with Gasteiger partial charge in [-0.15, -0.1) is 0 Å². The maximum atomic E-state index is 10.2. The third kappa shape index (κ3) is 20.3. The van der Waals surface area contributed by atoms with Crippen molar-refractivity contribution in [2.24, 2.45) is 0 Å². The smallest absolute Gasteiger partial charge is 0.435 e. The molecule has 0 heterocycles. The number of carbonyl (C=O) groups is 1. The Morgan fingerprint density at radius 2 is 1.45 bits per heavy atom. The van der Waals surface area contributed by atoms with Gasteiger partial charge in [0.1, 0.15) is 0 Å². The molecule has 1 unspecified atom stereocenters. The topological polar surface area (TPSA) is 44.8 Å². The van der Waals surface area contributed by atoms with Crippen molar-refractivity contribution < 1.29 is 17.3 Å². The second-order valence-electron chi connectivity index (χ2n) is 4.60. The number of carbonyl (C=O) groups excluding carboxylic acids is 1. The van der Waals surface area contributed by atoms with Crippen LogP contribution in [0.3, 0.4) is 0 Å². The number of ether oxygens (including phenoxy) is 2. The molecule has 1 atom stereocenters. The van der Waals surface area contributed by atoms with Crippen LogP contribution in [-0.2, 0) is 12.5 Å². The Kier molecular flexibility index (Phi) is 21.2. The van der Waals surface area contributed by atoms with Crippen molar-refractivity contribution in [2.75, 3.05) is 13.2 Å². The summed E-state index contributed by atoms with van der Waals surface area (Å²) in [7, 11) is 0. The minimum absolute atomic E-state index is 0.374.